The third kappa shape index (κ3) is 2.01. The van der Waals surface area contributed by atoms with Gasteiger partial charge in [-0.15, -0.1) is 0 Å². The Bertz CT molecular complexity index is 445. The molecule has 0 N–H and O–H groups in total. The van der Waals surface area contributed by atoms with Gasteiger partial charge < -0.3 is 4.57 Å². The Kier molecular flexibility index (Phi) is 2.22. The molecular weight excluding hydrogens is 205 g/mol. The lowest BCUT2D eigenvalue weighted by molar-refractivity contribution is -0.140. The summed E-state index contributed by atoms with van der Waals surface area (Å²) in [4.78, 5) is 3.29. The lowest BCUT2D eigenvalue weighted by atomic mass is 10.3. The van der Waals surface area contributed by atoms with Crippen LogP contribution < -0.4 is 0 Å². The van der Waals surface area contributed by atoms with Gasteiger partial charge in [0.25, 0.3) is 0 Å². The summed E-state index contributed by atoms with van der Waals surface area (Å²) in [5.41, 5.74) is -0.271. The van der Waals surface area contributed by atoms with Crippen molar-refractivity contribution in [3.63, 3.8) is 0 Å². The second-order valence-electron chi connectivity index (χ2n) is 2.92. The van der Waals surface area contributed by atoms with E-state index in [0.29, 0.717) is 5.69 Å². The Labute approximate surface area is 84.0 Å². The van der Waals surface area contributed by atoms with Crippen LogP contribution in [0.25, 0.3) is 5.69 Å². The zero-order chi connectivity index (χ0) is 10.9. The summed E-state index contributed by atoms with van der Waals surface area (Å²) in [5, 5.41) is 0. The predicted molar refractivity (Wildman–Crippen MR) is 47.4 cm³/mol. The molecule has 0 atom stereocenters. The van der Waals surface area contributed by atoms with Gasteiger partial charge in [0.2, 0.25) is 0 Å². The van der Waals surface area contributed by atoms with Crippen molar-refractivity contribution < 1.29 is 13.2 Å². The minimum atomic E-state index is -4.40. The van der Waals surface area contributed by atoms with Gasteiger partial charge in [-0.3, -0.25) is 0 Å². The lowest BCUT2D eigenvalue weighted by Crippen LogP contribution is -2.04. The number of aromatic nitrogens is 2. The molecule has 0 saturated carbocycles. The van der Waals surface area contributed by atoms with E-state index in [2.05, 4.69) is 11.1 Å². The summed E-state index contributed by atoms with van der Waals surface area (Å²) in [5.74, 6) is 0. The van der Waals surface area contributed by atoms with Gasteiger partial charge in [-0.05, 0) is 18.2 Å². The van der Waals surface area contributed by atoms with Crippen LogP contribution in [0.3, 0.4) is 0 Å². The molecule has 0 aliphatic heterocycles. The van der Waals surface area contributed by atoms with Crippen LogP contribution in [0.15, 0.2) is 36.8 Å². The first-order chi connectivity index (χ1) is 7.07. The summed E-state index contributed by atoms with van der Waals surface area (Å²) >= 11 is 0. The largest absolute Gasteiger partial charge is 0.434 e. The molecule has 1 aromatic carbocycles. The van der Waals surface area contributed by atoms with Crippen molar-refractivity contribution in [3.8, 4) is 5.69 Å². The third-order valence-electron chi connectivity index (χ3n) is 1.87. The number of hydrogen-bond donors (Lipinski definition) is 0. The van der Waals surface area contributed by atoms with Crippen LogP contribution in [0.2, 0.25) is 0 Å². The first-order valence-electron chi connectivity index (χ1n) is 4.15. The van der Waals surface area contributed by atoms with Crippen molar-refractivity contribution in [2.24, 2.45) is 0 Å². The summed E-state index contributed by atoms with van der Waals surface area (Å²) in [7, 11) is 0. The van der Waals surface area contributed by atoms with Gasteiger partial charge in [-0.1, -0.05) is 12.1 Å². The molecule has 0 aliphatic carbocycles. The van der Waals surface area contributed by atoms with Crippen LogP contribution in [-0.2, 0) is 6.18 Å². The number of benzene rings is 1. The number of halogens is 3. The van der Waals surface area contributed by atoms with E-state index in [0.717, 1.165) is 12.5 Å². The Morgan fingerprint density at radius 2 is 1.87 bits per heavy atom. The summed E-state index contributed by atoms with van der Waals surface area (Å²) < 4.78 is 38.0. The number of alkyl halides is 3. The van der Waals surface area contributed by atoms with Crippen LogP contribution in [0.5, 0.6) is 0 Å². The molecule has 1 aromatic heterocycles. The fraction of sp³-hybridized carbons (Fsp3) is 0.100. The number of hydrogen-bond acceptors (Lipinski definition) is 1. The number of imidazole rings is 1. The van der Waals surface area contributed by atoms with E-state index in [9.17, 15) is 13.2 Å². The maximum absolute atomic E-state index is 12.2. The van der Waals surface area contributed by atoms with Crippen molar-refractivity contribution in [1.29, 1.82) is 0 Å². The molecule has 2 rings (SSSR count). The van der Waals surface area contributed by atoms with E-state index < -0.39 is 11.9 Å². The Hall–Kier alpha value is -1.78. The van der Waals surface area contributed by atoms with E-state index in [-0.39, 0.29) is 0 Å². The summed E-state index contributed by atoms with van der Waals surface area (Å²) in [6.07, 6.45) is -2.31. The van der Waals surface area contributed by atoms with Crippen LogP contribution in [0, 0.1) is 6.07 Å². The zero-order valence-corrected chi connectivity index (χ0v) is 7.49. The topological polar surface area (TPSA) is 17.8 Å². The van der Waals surface area contributed by atoms with Gasteiger partial charge in [-0.2, -0.15) is 13.2 Å². The molecule has 0 spiro atoms. The molecule has 0 amide bonds. The highest BCUT2D eigenvalue weighted by Gasteiger charge is 2.33. The molecule has 0 bridgehead atoms. The number of rotatable bonds is 1. The van der Waals surface area contributed by atoms with E-state index in [1.54, 1.807) is 24.3 Å². The molecule has 5 heteroatoms. The van der Waals surface area contributed by atoms with Crippen LogP contribution in [0.4, 0.5) is 13.2 Å². The van der Waals surface area contributed by atoms with Crippen LogP contribution in [-0.4, -0.2) is 9.55 Å². The Morgan fingerprint density at radius 3 is 2.40 bits per heavy atom. The van der Waals surface area contributed by atoms with E-state index in [1.807, 2.05) is 0 Å². The SMILES string of the molecule is FC(F)(F)c1cn(-c2cc[c]cc2)cn1. The van der Waals surface area contributed by atoms with Gasteiger partial charge in [0.15, 0.2) is 5.69 Å². The normalized spacial score (nSPS) is 11.7. The van der Waals surface area contributed by atoms with E-state index in [1.165, 1.54) is 4.57 Å². The molecule has 2 aromatic rings. The van der Waals surface area contributed by atoms with Crippen LogP contribution in [0.1, 0.15) is 5.69 Å². The molecule has 0 saturated heterocycles. The lowest BCUT2D eigenvalue weighted by Gasteiger charge is -2.01. The Morgan fingerprint density at radius 1 is 1.20 bits per heavy atom. The molecule has 77 valence electrons. The summed E-state index contributed by atoms with van der Waals surface area (Å²) in [6, 6.07) is 9.35. The molecule has 2 nitrogen and oxygen atoms in total. The average Bonchev–Trinajstić information content (AvgIpc) is 2.67. The predicted octanol–water partition coefficient (Wildman–Crippen LogP) is 2.69. The van der Waals surface area contributed by atoms with Crippen molar-refractivity contribution in [1.82, 2.24) is 9.55 Å². The quantitative estimate of drug-likeness (QED) is 0.709. The zero-order valence-electron chi connectivity index (χ0n) is 7.49. The second kappa shape index (κ2) is 3.42. The highest BCUT2D eigenvalue weighted by molar-refractivity contribution is 5.31. The highest BCUT2D eigenvalue weighted by atomic mass is 19.4. The van der Waals surface area contributed by atoms with Gasteiger partial charge in [0.05, 0.1) is 6.33 Å². The van der Waals surface area contributed by atoms with E-state index >= 15 is 0 Å². The fourth-order valence-electron chi connectivity index (χ4n) is 1.16. The van der Waals surface area contributed by atoms with E-state index in [4.69, 9.17) is 0 Å². The minimum absolute atomic E-state index is 0.622. The average molecular weight is 211 g/mol. The minimum Gasteiger partial charge on any atom is -0.306 e. The van der Waals surface area contributed by atoms with Gasteiger partial charge in [0.1, 0.15) is 0 Å². The first-order valence-corrected chi connectivity index (χ1v) is 4.15. The molecular formula is C10H6F3N2. The monoisotopic (exact) mass is 211 g/mol. The molecule has 0 aliphatic rings. The maximum Gasteiger partial charge on any atom is 0.434 e. The summed E-state index contributed by atoms with van der Waals surface area (Å²) in [6.45, 7) is 0. The van der Waals surface area contributed by atoms with Gasteiger partial charge in [-0.25, -0.2) is 4.98 Å². The molecule has 1 heterocycles. The standard InChI is InChI=1S/C10H6F3N2/c11-10(12,13)9-6-15(7-14-9)8-4-2-1-3-5-8/h2-7H. The maximum atomic E-state index is 12.2. The van der Waals surface area contributed by atoms with Gasteiger partial charge in [0, 0.05) is 11.9 Å². The fourth-order valence-corrected chi connectivity index (χ4v) is 1.16. The Balaban J connectivity index is 2.37. The van der Waals surface area contributed by atoms with Gasteiger partial charge >= 0.3 is 6.18 Å². The van der Waals surface area contributed by atoms with Crippen molar-refractivity contribution in [2.75, 3.05) is 0 Å². The van der Waals surface area contributed by atoms with Crippen molar-refractivity contribution >= 4 is 0 Å². The molecule has 0 unspecified atom stereocenters. The van der Waals surface area contributed by atoms with Crippen LogP contribution >= 0.6 is 0 Å². The van der Waals surface area contributed by atoms with Crippen molar-refractivity contribution in [2.45, 2.75) is 6.18 Å². The highest BCUT2D eigenvalue weighted by Crippen LogP contribution is 2.27. The third-order valence-corrected chi connectivity index (χ3v) is 1.87. The first kappa shape index (κ1) is 9.76. The smallest absolute Gasteiger partial charge is 0.306 e. The number of nitrogens with zero attached hydrogens (tertiary/aromatic N) is 2. The second-order valence-corrected chi connectivity index (χ2v) is 2.92. The molecule has 1 radical (unpaired) electrons. The molecule has 15 heavy (non-hydrogen) atoms. The molecule has 0 fully saturated rings. The van der Waals surface area contributed by atoms with Crippen molar-refractivity contribution in [3.05, 3.63) is 48.5 Å².